The van der Waals surface area contributed by atoms with E-state index in [1.807, 2.05) is 24.3 Å². The zero-order chi connectivity index (χ0) is 7.40. The Bertz CT molecular complexity index is 228. The van der Waals surface area contributed by atoms with E-state index in [2.05, 4.69) is 25.3 Å². The van der Waals surface area contributed by atoms with E-state index in [1.165, 1.54) is 5.56 Å². The van der Waals surface area contributed by atoms with Gasteiger partial charge in [0.25, 0.3) is 0 Å². The predicted molar refractivity (Wildman–Crippen MR) is 47.6 cm³/mol. The Labute approximate surface area is 67.0 Å². The molecule has 0 bridgehead atoms. The van der Waals surface area contributed by atoms with Gasteiger partial charge in [-0.15, -0.1) is 19.2 Å². The summed E-state index contributed by atoms with van der Waals surface area (Å²) in [4.78, 5) is 1.04. The molecule has 0 radical (unpaired) electrons. The van der Waals surface area contributed by atoms with Gasteiger partial charge < -0.3 is 0 Å². The molecule has 0 unspecified atom stereocenters. The van der Waals surface area contributed by atoms with Crippen molar-refractivity contribution in [3.05, 3.63) is 42.5 Å². The fourth-order valence-corrected chi connectivity index (χ4v) is 1.09. The van der Waals surface area contributed by atoms with Crippen molar-refractivity contribution in [2.75, 3.05) is 0 Å². The lowest BCUT2D eigenvalue weighted by molar-refractivity contribution is 1.19. The summed E-state index contributed by atoms with van der Waals surface area (Å²) in [6, 6.07) is 8.04. The summed E-state index contributed by atoms with van der Waals surface area (Å²) in [6.45, 7) is 3.66. The Morgan fingerprint density at radius 3 is 2.70 bits per heavy atom. The molecule has 0 atom stereocenters. The van der Waals surface area contributed by atoms with E-state index in [4.69, 9.17) is 0 Å². The minimum Gasteiger partial charge on any atom is -0.143 e. The number of allylic oxidation sites excluding steroid dienone is 1. The second-order valence-electron chi connectivity index (χ2n) is 2.12. The maximum absolute atomic E-state index is 4.28. The number of benzene rings is 1. The van der Waals surface area contributed by atoms with Gasteiger partial charge >= 0.3 is 0 Å². The van der Waals surface area contributed by atoms with Gasteiger partial charge in [0, 0.05) is 4.90 Å². The Hall–Kier alpha value is -0.690. The average molecular weight is 150 g/mol. The first kappa shape index (κ1) is 7.42. The summed E-state index contributed by atoms with van der Waals surface area (Å²) in [7, 11) is 0. The lowest BCUT2D eigenvalue weighted by Crippen LogP contribution is -1.80. The minimum atomic E-state index is 0.902. The van der Waals surface area contributed by atoms with E-state index in [9.17, 15) is 0 Å². The molecule has 0 aliphatic heterocycles. The van der Waals surface area contributed by atoms with Crippen LogP contribution in [0, 0.1) is 0 Å². The van der Waals surface area contributed by atoms with Crippen LogP contribution in [0.5, 0.6) is 0 Å². The van der Waals surface area contributed by atoms with Crippen molar-refractivity contribution in [2.45, 2.75) is 11.3 Å². The molecule has 0 N–H and O–H groups in total. The molecule has 1 aromatic rings. The van der Waals surface area contributed by atoms with Crippen LogP contribution < -0.4 is 0 Å². The molecule has 52 valence electrons. The molecule has 0 amide bonds. The highest BCUT2D eigenvalue weighted by Crippen LogP contribution is 2.12. The molecule has 0 heterocycles. The molecule has 0 spiro atoms. The van der Waals surface area contributed by atoms with Crippen molar-refractivity contribution < 1.29 is 0 Å². The number of rotatable bonds is 2. The highest BCUT2D eigenvalue weighted by molar-refractivity contribution is 7.80. The SMILES string of the molecule is C=CCc1ccccc1S. The van der Waals surface area contributed by atoms with E-state index >= 15 is 0 Å². The van der Waals surface area contributed by atoms with Gasteiger partial charge in [0.05, 0.1) is 0 Å². The van der Waals surface area contributed by atoms with Gasteiger partial charge in [0.15, 0.2) is 0 Å². The quantitative estimate of drug-likeness (QED) is 0.486. The number of hydrogen-bond acceptors (Lipinski definition) is 1. The summed E-state index contributed by atoms with van der Waals surface area (Å²) >= 11 is 4.28. The van der Waals surface area contributed by atoms with Crippen LogP contribution >= 0.6 is 12.6 Å². The van der Waals surface area contributed by atoms with Gasteiger partial charge in [-0.1, -0.05) is 24.3 Å². The highest BCUT2D eigenvalue weighted by Gasteiger charge is 1.91. The zero-order valence-corrected chi connectivity index (χ0v) is 6.64. The lowest BCUT2D eigenvalue weighted by Gasteiger charge is -1.98. The van der Waals surface area contributed by atoms with E-state index in [0.717, 1.165) is 11.3 Å². The first-order chi connectivity index (χ1) is 4.84. The Kier molecular flexibility index (Phi) is 2.57. The van der Waals surface area contributed by atoms with Crippen LogP contribution in [0.4, 0.5) is 0 Å². The smallest absolute Gasteiger partial charge is 0.00751 e. The fraction of sp³-hybridized carbons (Fsp3) is 0.111. The van der Waals surface area contributed by atoms with E-state index < -0.39 is 0 Å². The summed E-state index contributed by atoms with van der Waals surface area (Å²) in [5.74, 6) is 0. The van der Waals surface area contributed by atoms with Gasteiger partial charge in [0.1, 0.15) is 0 Å². The Morgan fingerprint density at radius 1 is 1.40 bits per heavy atom. The van der Waals surface area contributed by atoms with Crippen molar-refractivity contribution in [2.24, 2.45) is 0 Å². The predicted octanol–water partition coefficient (Wildman–Crippen LogP) is 2.70. The third-order valence-corrected chi connectivity index (χ3v) is 1.79. The average Bonchev–Trinajstić information content (AvgIpc) is 1.94. The summed E-state index contributed by atoms with van der Waals surface area (Å²) < 4.78 is 0. The van der Waals surface area contributed by atoms with Gasteiger partial charge in [0.2, 0.25) is 0 Å². The second-order valence-corrected chi connectivity index (χ2v) is 2.60. The number of thiol groups is 1. The molecule has 0 aromatic heterocycles. The van der Waals surface area contributed by atoms with Crippen LogP contribution in [-0.2, 0) is 6.42 Å². The molecular weight excluding hydrogens is 140 g/mol. The molecule has 0 aliphatic carbocycles. The van der Waals surface area contributed by atoms with Crippen LogP contribution in [0.1, 0.15) is 5.56 Å². The lowest BCUT2D eigenvalue weighted by atomic mass is 10.1. The minimum absolute atomic E-state index is 0.902. The molecule has 10 heavy (non-hydrogen) atoms. The number of hydrogen-bond donors (Lipinski definition) is 1. The van der Waals surface area contributed by atoms with Crippen LogP contribution in [0.25, 0.3) is 0 Å². The Morgan fingerprint density at radius 2 is 2.10 bits per heavy atom. The van der Waals surface area contributed by atoms with E-state index in [-0.39, 0.29) is 0 Å². The molecule has 1 heteroatoms. The standard InChI is InChI=1S/C9H10S/c1-2-5-8-6-3-4-7-9(8)10/h2-4,6-7,10H,1,5H2. The fourth-order valence-electron chi connectivity index (χ4n) is 0.839. The third kappa shape index (κ3) is 1.64. The normalized spacial score (nSPS) is 9.30. The van der Waals surface area contributed by atoms with Crippen LogP contribution in [0.3, 0.4) is 0 Å². The van der Waals surface area contributed by atoms with Crippen LogP contribution in [-0.4, -0.2) is 0 Å². The molecule has 0 nitrogen and oxygen atoms in total. The molecule has 0 aliphatic rings. The van der Waals surface area contributed by atoms with Crippen molar-refractivity contribution in [3.8, 4) is 0 Å². The highest BCUT2D eigenvalue weighted by atomic mass is 32.1. The van der Waals surface area contributed by atoms with Crippen molar-refractivity contribution in [1.82, 2.24) is 0 Å². The van der Waals surface area contributed by atoms with Crippen molar-refractivity contribution in [3.63, 3.8) is 0 Å². The van der Waals surface area contributed by atoms with Gasteiger partial charge in [-0.05, 0) is 18.1 Å². The van der Waals surface area contributed by atoms with Crippen molar-refractivity contribution >= 4 is 12.6 Å². The van der Waals surface area contributed by atoms with E-state index in [1.54, 1.807) is 0 Å². The molecule has 0 saturated heterocycles. The van der Waals surface area contributed by atoms with Gasteiger partial charge in [-0.25, -0.2) is 0 Å². The summed E-state index contributed by atoms with van der Waals surface area (Å²) in [5.41, 5.74) is 1.24. The summed E-state index contributed by atoms with van der Waals surface area (Å²) in [6.07, 6.45) is 2.79. The third-order valence-electron chi connectivity index (χ3n) is 1.36. The summed E-state index contributed by atoms with van der Waals surface area (Å²) in [5, 5.41) is 0. The first-order valence-corrected chi connectivity index (χ1v) is 3.67. The van der Waals surface area contributed by atoms with E-state index in [0.29, 0.717) is 0 Å². The zero-order valence-electron chi connectivity index (χ0n) is 5.75. The van der Waals surface area contributed by atoms with Crippen molar-refractivity contribution in [1.29, 1.82) is 0 Å². The molecule has 1 aromatic carbocycles. The molecule has 0 saturated carbocycles. The van der Waals surface area contributed by atoms with Gasteiger partial charge in [-0.3, -0.25) is 0 Å². The Balaban J connectivity index is 2.91. The second kappa shape index (κ2) is 3.47. The monoisotopic (exact) mass is 150 g/mol. The largest absolute Gasteiger partial charge is 0.143 e. The molecule has 1 rings (SSSR count). The maximum atomic E-state index is 4.28. The first-order valence-electron chi connectivity index (χ1n) is 3.22. The molecular formula is C9H10S. The van der Waals surface area contributed by atoms with Crippen LogP contribution in [0.2, 0.25) is 0 Å². The van der Waals surface area contributed by atoms with Gasteiger partial charge in [-0.2, -0.15) is 0 Å². The topological polar surface area (TPSA) is 0 Å². The molecule has 0 fully saturated rings. The van der Waals surface area contributed by atoms with Crippen LogP contribution in [0.15, 0.2) is 41.8 Å². The maximum Gasteiger partial charge on any atom is 0.00751 e.